The molecule has 1 aromatic rings. The fourth-order valence-electron chi connectivity index (χ4n) is 1.90. The molecule has 0 N–H and O–H groups in total. The molecule has 1 aromatic carbocycles. The highest BCUT2D eigenvalue weighted by molar-refractivity contribution is 7.98. The van der Waals surface area contributed by atoms with E-state index >= 15 is 0 Å². The normalized spacial score (nSPS) is 24.3. The molecule has 0 radical (unpaired) electrons. The summed E-state index contributed by atoms with van der Waals surface area (Å²) in [6.45, 7) is 2.30. The number of hydrogen-bond acceptors (Lipinski definition) is 2. The van der Waals surface area contributed by atoms with Crippen LogP contribution in [-0.4, -0.2) is 5.71 Å². The standard InChI is InChI=1S/C13H17NS/c1-11-7-5-6-10-13(11)14-15-12-8-3-2-4-9-12/h2-4,8-9,11H,5-7,10H2,1H3/b14-13-/t11-/m1/s1. The van der Waals surface area contributed by atoms with E-state index in [4.69, 9.17) is 0 Å². The minimum absolute atomic E-state index is 0.690. The van der Waals surface area contributed by atoms with Crippen molar-refractivity contribution in [2.24, 2.45) is 10.3 Å². The Morgan fingerprint density at radius 3 is 2.73 bits per heavy atom. The lowest BCUT2D eigenvalue weighted by atomic mass is 9.89. The highest BCUT2D eigenvalue weighted by Crippen LogP contribution is 2.26. The van der Waals surface area contributed by atoms with Crippen LogP contribution in [0.15, 0.2) is 39.6 Å². The van der Waals surface area contributed by atoms with Crippen molar-refractivity contribution in [1.29, 1.82) is 0 Å². The van der Waals surface area contributed by atoms with Crippen LogP contribution in [0.3, 0.4) is 0 Å². The second kappa shape index (κ2) is 5.36. The van der Waals surface area contributed by atoms with Crippen LogP contribution in [-0.2, 0) is 0 Å². The van der Waals surface area contributed by atoms with E-state index in [1.165, 1.54) is 36.3 Å². The van der Waals surface area contributed by atoms with Crippen LogP contribution < -0.4 is 0 Å². The van der Waals surface area contributed by atoms with Crippen molar-refractivity contribution in [2.45, 2.75) is 37.5 Å². The molecule has 0 spiro atoms. The van der Waals surface area contributed by atoms with Gasteiger partial charge in [0, 0.05) is 22.6 Å². The highest BCUT2D eigenvalue weighted by Gasteiger charge is 2.15. The summed E-state index contributed by atoms with van der Waals surface area (Å²) in [6, 6.07) is 10.4. The van der Waals surface area contributed by atoms with E-state index in [0.717, 1.165) is 0 Å². The van der Waals surface area contributed by atoms with E-state index in [-0.39, 0.29) is 0 Å². The lowest BCUT2D eigenvalue weighted by Crippen LogP contribution is -2.15. The van der Waals surface area contributed by atoms with Crippen LogP contribution in [0, 0.1) is 5.92 Å². The first-order valence-electron chi connectivity index (χ1n) is 5.65. The molecule has 1 nitrogen and oxygen atoms in total. The largest absolute Gasteiger partial charge is 0.220 e. The Kier molecular flexibility index (Phi) is 3.84. The van der Waals surface area contributed by atoms with Gasteiger partial charge >= 0.3 is 0 Å². The fraction of sp³-hybridized carbons (Fsp3) is 0.462. The minimum atomic E-state index is 0.690. The Morgan fingerprint density at radius 2 is 2.00 bits per heavy atom. The second-order valence-electron chi connectivity index (χ2n) is 4.13. The summed E-state index contributed by atoms with van der Waals surface area (Å²) in [5.41, 5.74) is 1.40. The van der Waals surface area contributed by atoms with Crippen LogP contribution in [0.4, 0.5) is 0 Å². The molecule has 0 heterocycles. The topological polar surface area (TPSA) is 12.4 Å². The maximum atomic E-state index is 4.67. The van der Waals surface area contributed by atoms with Gasteiger partial charge in [-0.2, -0.15) is 0 Å². The summed E-state index contributed by atoms with van der Waals surface area (Å²) in [4.78, 5) is 1.24. The second-order valence-corrected chi connectivity index (χ2v) is 4.97. The van der Waals surface area contributed by atoms with E-state index in [1.807, 2.05) is 6.07 Å². The summed E-state index contributed by atoms with van der Waals surface area (Å²) in [6.07, 6.45) is 5.20. The Bertz CT molecular complexity index is 332. The van der Waals surface area contributed by atoms with Gasteiger partial charge in [0.15, 0.2) is 0 Å². The average Bonchev–Trinajstić information content (AvgIpc) is 2.29. The predicted molar refractivity (Wildman–Crippen MR) is 67.4 cm³/mol. The Morgan fingerprint density at radius 1 is 1.20 bits per heavy atom. The smallest absolute Gasteiger partial charge is 0.0305 e. The molecule has 2 rings (SSSR count). The van der Waals surface area contributed by atoms with Gasteiger partial charge in [-0.1, -0.05) is 31.5 Å². The zero-order valence-corrected chi connectivity index (χ0v) is 9.96. The maximum Gasteiger partial charge on any atom is 0.0305 e. The molecular formula is C13H17NS. The van der Waals surface area contributed by atoms with Crippen molar-refractivity contribution in [3.8, 4) is 0 Å². The molecule has 1 aliphatic carbocycles. The average molecular weight is 219 g/mol. The Labute approximate surface area is 96.1 Å². The number of benzene rings is 1. The van der Waals surface area contributed by atoms with Crippen LogP contribution in [0.25, 0.3) is 0 Å². The number of nitrogens with zero attached hydrogens (tertiary/aromatic N) is 1. The van der Waals surface area contributed by atoms with Crippen molar-refractivity contribution in [1.82, 2.24) is 0 Å². The van der Waals surface area contributed by atoms with Gasteiger partial charge in [-0.05, 0) is 37.3 Å². The van der Waals surface area contributed by atoms with Crippen molar-refractivity contribution >= 4 is 17.7 Å². The zero-order valence-electron chi connectivity index (χ0n) is 9.15. The van der Waals surface area contributed by atoms with Crippen molar-refractivity contribution in [3.63, 3.8) is 0 Å². The first kappa shape index (κ1) is 10.7. The Balaban J connectivity index is 1.98. The molecule has 15 heavy (non-hydrogen) atoms. The van der Waals surface area contributed by atoms with Gasteiger partial charge in [-0.25, -0.2) is 4.40 Å². The molecule has 80 valence electrons. The van der Waals surface area contributed by atoms with Crippen LogP contribution >= 0.6 is 11.9 Å². The highest BCUT2D eigenvalue weighted by atomic mass is 32.2. The molecule has 0 aliphatic heterocycles. The maximum absolute atomic E-state index is 4.67. The monoisotopic (exact) mass is 219 g/mol. The van der Waals surface area contributed by atoms with Gasteiger partial charge in [-0.3, -0.25) is 0 Å². The lowest BCUT2D eigenvalue weighted by Gasteiger charge is -2.19. The van der Waals surface area contributed by atoms with E-state index in [0.29, 0.717) is 5.92 Å². The quantitative estimate of drug-likeness (QED) is 0.674. The first-order valence-corrected chi connectivity index (χ1v) is 6.42. The molecular weight excluding hydrogens is 202 g/mol. The van der Waals surface area contributed by atoms with Gasteiger partial charge in [-0.15, -0.1) is 0 Å². The van der Waals surface area contributed by atoms with Crippen molar-refractivity contribution in [3.05, 3.63) is 30.3 Å². The third-order valence-electron chi connectivity index (χ3n) is 2.90. The number of hydrogen-bond donors (Lipinski definition) is 0. The minimum Gasteiger partial charge on any atom is -0.220 e. The van der Waals surface area contributed by atoms with Crippen LogP contribution in [0.1, 0.15) is 32.6 Å². The van der Waals surface area contributed by atoms with Crippen LogP contribution in [0.5, 0.6) is 0 Å². The molecule has 0 saturated heterocycles. The van der Waals surface area contributed by atoms with Gasteiger partial charge in [0.1, 0.15) is 0 Å². The van der Waals surface area contributed by atoms with Gasteiger partial charge < -0.3 is 0 Å². The molecule has 0 unspecified atom stereocenters. The van der Waals surface area contributed by atoms with Gasteiger partial charge in [0.2, 0.25) is 0 Å². The van der Waals surface area contributed by atoms with Gasteiger partial charge in [0.05, 0.1) is 0 Å². The molecule has 0 bridgehead atoms. The first-order chi connectivity index (χ1) is 7.36. The SMILES string of the molecule is C[C@@H]1CCCC/C1=N/Sc1ccccc1. The molecule has 2 heteroatoms. The summed E-state index contributed by atoms with van der Waals surface area (Å²) in [5.74, 6) is 0.690. The van der Waals surface area contributed by atoms with Gasteiger partial charge in [0.25, 0.3) is 0 Å². The molecule has 0 amide bonds. The van der Waals surface area contributed by atoms with Crippen molar-refractivity contribution in [2.75, 3.05) is 0 Å². The lowest BCUT2D eigenvalue weighted by molar-refractivity contribution is 0.561. The summed E-state index contributed by atoms with van der Waals surface area (Å²) >= 11 is 1.62. The van der Waals surface area contributed by atoms with E-state index in [1.54, 1.807) is 11.9 Å². The summed E-state index contributed by atoms with van der Waals surface area (Å²) in [5, 5.41) is 0. The molecule has 0 aromatic heterocycles. The molecule has 1 saturated carbocycles. The fourth-order valence-corrected chi connectivity index (χ4v) is 2.67. The number of rotatable bonds is 2. The van der Waals surface area contributed by atoms with Crippen LogP contribution in [0.2, 0.25) is 0 Å². The predicted octanol–water partition coefficient (Wildman–Crippen LogP) is 4.34. The van der Waals surface area contributed by atoms with Crippen molar-refractivity contribution < 1.29 is 0 Å². The van der Waals surface area contributed by atoms with E-state index in [9.17, 15) is 0 Å². The van der Waals surface area contributed by atoms with E-state index in [2.05, 4.69) is 35.6 Å². The molecule has 1 fully saturated rings. The summed E-state index contributed by atoms with van der Waals surface area (Å²) in [7, 11) is 0. The third-order valence-corrected chi connectivity index (χ3v) is 3.71. The molecule has 1 atom stereocenters. The third kappa shape index (κ3) is 3.10. The molecule has 1 aliphatic rings. The Hall–Kier alpha value is -0.760. The zero-order chi connectivity index (χ0) is 10.5. The van der Waals surface area contributed by atoms with E-state index < -0.39 is 0 Å². The summed E-state index contributed by atoms with van der Waals surface area (Å²) < 4.78 is 4.67.